The molecule has 136 valence electrons. The molecule has 1 amide bonds. The van der Waals surface area contributed by atoms with Crippen molar-refractivity contribution < 1.29 is 13.6 Å². The van der Waals surface area contributed by atoms with Gasteiger partial charge in [0.25, 0.3) is 0 Å². The van der Waals surface area contributed by atoms with Crippen molar-refractivity contribution in [2.45, 2.75) is 12.3 Å². The van der Waals surface area contributed by atoms with E-state index in [9.17, 15) is 13.6 Å². The molecule has 2 aliphatic rings. The number of rotatable bonds is 3. The Bertz CT molecular complexity index is 819. The van der Waals surface area contributed by atoms with Crippen molar-refractivity contribution in [2.75, 3.05) is 31.1 Å². The van der Waals surface area contributed by atoms with Crippen LogP contribution < -0.4 is 4.90 Å². The summed E-state index contributed by atoms with van der Waals surface area (Å²) in [6.07, 6.45) is 0.813. The SMILES string of the molecule is O=C(C1CC1c1ccc(F)cc1)N1CCN(c2cc(Cl)ccc2F)CC1. The van der Waals surface area contributed by atoms with Gasteiger partial charge in [0.05, 0.1) is 5.69 Å². The number of anilines is 1. The Morgan fingerprint density at radius 1 is 1.00 bits per heavy atom. The van der Waals surface area contributed by atoms with Crippen molar-refractivity contribution in [1.82, 2.24) is 4.90 Å². The lowest BCUT2D eigenvalue weighted by Gasteiger charge is -2.36. The summed E-state index contributed by atoms with van der Waals surface area (Å²) in [6, 6.07) is 10.9. The molecule has 0 N–H and O–H groups in total. The summed E-state index contributed by atoms with van der Waals surface area (Å²) in [5, 5.41) is 0.500. The number of piperazine rings is 1. The molecule has 0 bridgehead atoms. The first kappa shape index (κ1) is 17.3. The number of hydrogen-bond donors (Lipinski definition) is 0. The van der Waals surface area contributed by atoms with E-state index in [0.29, 0.717) is 36.9 Å². The molecule has 1 heterocycles. The molecule has 0 spiro atoms. The number of hydrogen-bond acceptors (Lipinski definition) is 2. The van der Waals surface area contributed by atoms with Gasteiger partial charge in [-0.2, -0.15) is 0 Å². The van der Waals surface area contributed by atoms with E-state index in [0.717, 1.165) is 12.0 Å². The van der Waals surface area contributed by atoms with E-state index in [1.54, 1.807) is 18.2 Å². The van der Waals surface area contributed by atoms with E-state index in [1.165, 1.54) is 24.3 Å². The van der Waals surface area contributed by atoms with Gasteiger partial charge in [0, 0.05) is 37.1 Å². The highest BCUT2D eigenvalue weighted by Crippen LogP contribution is 2.48. The van der Waals surface area contributed by atoms with Crippen LogP contribution in [0.25, 0.3) is 0 Å². The molecule has 3 nitrogen and oxygen atoms in total. The molecule has 6 heteroatoms. The third kappa shape index (κ3) is 3.40. The fourth-order valence-electron chi connectivity index (χ4n) is 3.68. The van der Waals surface area contributed by atoms with Gasteiger partial charge in [-0.3, -0.25) is 4.79 Å². The van der Waals surface area contributed by atoms with Gasteiger partial charge >= 0.3 is 0 Å². The monoisotopic (exact) mass is 376 g/mol. The maximum atomic E-state index is 14.0. The van der Waals surface area contributed by atoms with Crippen molar-refractivity contribution in [3.8, 4) is 0 Å². The fraction of sp³-hybridized carbons (Fsp3) is 0.350. The maximum Gasteiger partial charge on any atom is 0.226 e. The molecule has 1 aliphatic heterocycles. The summed E-state index contributed by atoms with van der Waals surface area (Å²) in [4.78, 5) is 16.5. The molecular weight excluding hydrogens is 358 g/mol. The molecule has 2 aromatic rings. The average molecular weight is 377 g/mol. The van der Waals surface area contributed by atoms with Gasteiger partial charge < -0.3 is 9.80 Å². The quantitative estimate of drug-likeness (QED) is 0.806. The van der Waals surface area contributed by atoms with Crippen LogP contribution in [0.4, 0.5) is 14.5 Å². The molecule has 2 atom stereocenters. The Balaban J connectivity index is 1.36. The Labute approximate surface area is 156 Å². The normalized spacial score (nSPS) is 22.4. The van der Waals surface area contributed by atoms with Crippen molar-refractivity contribution in [2.24, 2.45) is 5.92 Å². The number of carbonyl (C=O) groups is 1. The van der Waals surface area contributed by atoms with Crippen LogP contribution in [-0.4, -0.2) is 37.0 Å². The molecule has 1 saturated heterocycles. The number of benzene rings is 2. The molecular formula is C20H19ClF2N2O. The van der Waals surface area contributed by atoms with Crippen LogP contribution in [0.5, 0.6) is 0 Å². The second-order valence-corrected chi connectivity index (χ2v) is 7.34. The molecule has 2 aromatic carbocycles. The number of nitrogens with zero attached hydrogens (tertiary/aromatic N) is 2. The first-order valence-corrected chi connectivity index (χ1v) is 9.15. The number of amides is 1. The minimum absolute atomic E-state index is 0.0186. The lowest BCUT2D eigenvalue weighted by molar-refractivity contribution is -0.132. The summed E-state index contributed by atoms with van der Waals surface area (Å²) in [6.45, 7) is 2.29. The molecule has 2 unspecified atom stereocenters. The molecule has 0 radical (unpaired) electrons. The summed E-state index contributed by atoms with van der Waals surface area (Å²) in [7, 11) is 0. The standard InChI is InChI=1S/C20H19ClF2N2O/c21-14-3-6-18(23)19(11-14)24-7-9-25(10-8-24)20(26)17-12-16(17)13-1-4-15(22)5-2-13/h1-6,11,16-17H,7-10,12H2. The predicted molar refractivity (Wildman–Crippen MR) is 97.5 cm³/mol. The molecule has 1 aliphatic carbocycles. The van der Waals surface area contributed by atoms with Crippen LogP contribution in [0.15, 0.2) is 42.5 Å². The van der Waals surface area contributed by atoms with Crippen LogP contribution in [-0.2, 0) is 4.79 Å². The van der Waals surface area contributed by atoms with E-state index in [4.69, 9.17) is 11.6 Å². The highest BCUT2D eigenvalue weighted by Gasteiger charge is 2.46. The van der Waals surface area contributed by atoms with Crippen molar-refractivity contribution in [3.63, 3.8) is 0 Å². The van der Waals surface area contributed by atoms with E-state index in [-0.39, 0.29) is 29.4 Å². The van der Waals surface area contributed by atoms with Gasteiger partial charge in [0.1, 0.15) is 11.6 Å². The van der Waals surface area contributed by atoms with Crippen LogP contribution in [0, 0.1) is 17.6 Å². The first-order chi connectivity index (χ1) is 12.5. The predicted octanol–water partition coefficient (Wildman–Crippen LogP) is 4.07. The van der Waals surface area contributed by atoms with Gasteiger partial charge in [-0.15, -0.1) is 0 Å². The molecule has 2 fully saturated rings. The minimum atomic E-state index is -0.298. The van der Waals surface area contributed by atoms with E-state index >= 15 is 0 Å². The second kappa shape index (κ2) is 6.88. The first-order valence-electron chi connectivity index (χ1n) is 8.77. The second-order valence-electron chi connectivity index (χ2n) is 6.91. The van der Waals surface area contributed by atoms with Crippen molar-refractivity contribution in [1.29, 1.82) is 0 Å². The summed E-state index contributed by atoms with van der Waals surface area (Å²) >= 11 is 5.97. The lowest BCUT2D eigenvalue weighted by Crippen LogP contribution is -2.49. The largest absolute Gasteiger partial charge is 0.366 e. The van der Waals surface area contributed by atoms with Crippen molar-refractivity contribution >= 4 is 23.2 Å². The van der Waals surface area contributed by atoms with E-state index < -0.39 is 0 Å². The molecule has 0 aromatic heterocycles. The zero-order chi connectivity index (χ0) is 18.3. The fourth-order valence-corrected chi connectivity index (χ4v) is 3.84. The Kier molecular flexibility index (Phi) is 4.57. The number of halogens is 3. The minimum Gasteiger partial charge on any atom is -0.366 e. The third-order valence-corrected chi connectivity index (χ3v) is 5.48. The highest BCUT2D eigenvalue weighted by molar-refractivity contribution is 6.30. The number of carbonyl (C=O) groups excluding carboxylic acids is 1. The van der Waals surface area contributed by atoms with Crippen LogP contribution in [0.2, 0.25) is 5.02 Å². The summed E-state index contributed by atoms with van der Waals surface area (Å²) in [5.41, 5.74) is 1.50. The zero-order valence-electron chi connectivity index (χ0n) is 14.2. The van der Waals surface area contributed by atoms with Crippen LogP contribution in [0.3, 0.4) is 0 Å². The van der Waals surface area contributed by atoms with Gasteiger partial charge in [-0.05, 0) is 48.2 Å². The third-order valence-electron chi connectivity index (χ3n) is 5.25. The Morgan fingerprint density at radius 3 is 2.38 bits per heavy atom. The van der Waals surface area contributed by atoms with Crippen LogP contribution >= 0.6 is 11.6 Å². The topological polar surface area (TPSA) is 23.6 Å². The molecule has 26 heavy (non-hydrogen) atoms. The van der Waals surface area contributed by atoms with Crippen molar-refractivity contribution in [3.05, 3.63) is 64.7 Å². The van der Waals surface area contributed by atoms with E-state index in [2.05, 4.69) is 0 Å². The highest BCUT2D eigenvalue weighted by atomic mass is 35.5. The van der Waals surface area contributed by atoms with Crippen LogP contribution in [0.1, 0.15) is 17.9 Å². The van der Waals surface area contributed by atoms with Gasteiger partial charge in [0.2, 0.25) is 5.91 Å². The summed E-state index contributed by atoms with van der Waals surface area (Å²) in [5.74, 6) is -0.249. The van der Waals surface area contributed by atoms with Gasteiger partial charge in [-0.25, -0.2) is 8.78 Å². The smallest absolute Gasteiger partial charge is 0.226 e. The lowest BCUT2D eigenvalue weighted by atomic mass is 10.1. The molecule has 4 rings (SSSR count). The van der Waals surface area contributed by atoms with Gasteiger partial charge in [-0.1, -0.05) is 23.7 Å². The Morgan fingerprint density at radius 2 is 1.69 bits per heavy atom. The van der Waals surface area contributed by atoms with E-state index in [1.807, 2.05) is 9.80 Å². The Hall–Kier alpha value is -2.14. The zero-order valence-corrected chi connectivity index (χ0v) is 14.9. The maximum absolute atomic E-state index is 14.0. The molecule has 1 saturated carbocycles. The van der Waals surface area contributed by atoms with Gasteiger partial charge in [0.15, 0.2) is 0 Å². The average Bonchev–Trinajstić information content (AvgIpc) is 3.45. The summed E-state index contributed by atoms with van der Waals surface area (Å²) < 4.78 is 27.0.